The second-order valence-corrected chi connectivity index (χ2v) is 6.36. The van der Waals surface area contributed by atoms with Crippen LogP contribution in [0.15, 0.2) is 36.4 Å². The van der Waals surface area contributed by atoms with E-state index in [4.69, 9.17) is 10.00 Å². The number of likely N-dealkylation sites (tertiary alicyclic amines) is 1. The molecule has 7 heteroatoms. The van der Waals surface area contributed by atoms with Gasteiger partial charge in [-0.3, -0.25) is 4.79 Å². The maximum absolute atomic E-state index is 12.8. The van der Waals surface area contributed by atoms with Crippen molar-refractivity contribution in [3.05, 3.63) is 47.5 Å². The Morgan fingerprint density at radius 2 is 1.96 bits per heavy atom. The van der Waals surface area contributed by atoms with Crippen LogP contribution in [0.3, 0.4) is 0 Å². The van der Waals surface area contributed by atoms with Crippen molar-refractivity contribution in [2.75, 3.05) is 20.2 Å². The molecule has 0 aliphatic carbocycles. The first-order valence-corrected chi connectivity index (χ1v) is 8.60. The summed E-state index contributed by atoms with van der Waals surface area (Å²) in [6.07, 6.45) is 1.36. The molecule has 0 atom stereocenters. The molecular weight excluding hydrogens is 346 g/mol. The summed E-state index contributed by atoms with van der Waals surface area (Å²) < 4.78 is 5.08. The first-order chi connectivity index (χ1) is 13.0. The minimum Gasteiger partial charge on any atom is -0.481 e. The molecule has 1 aliphatic rings. The first kappa shape index (κ1) is 18.4. The number of carbonyl (C=O) groups is 2. The summed E-state index contributed by atoms with van der Waals surface area (Å²) in [5.41, 5.74) is 1.62. The largest absolute Gasteiger partial charge is 0.481 e. The Kier molecular flexibility index (Phi) is 5.36. The number of amides is 1. The van der Waals surface area contributed by atoms with Gasteiger partial charge in [-0.2, -0.15) is 5.26 Å². The van der Waals surface area contributed by atoms with E-state index in [2.05, 4.69) is 11.1 Å². The van der Waals surface area contributed by atoms with Crippen LogP contribution in [-0.2, 0) is 0 Å². The van der Waals surface area contributed by atoms with Crippen LogP contribution < -0.4 is 4.74 Å². The first-order valence-electron chi connectivity index (χ1n) is 8.60. The Labute approximate surface area is 156 Å². The predicted molar refractivity (Wildman–Crippen MR) is 97.4 cm³/mol. The fourth-order valence-electron chi connectivity index (χ4n) is 3.09. The molecule has 1 N–H and O–H groups in total. The van der Waals surface area contributed by atoms with Gasteiger partial charge in [-0.15, -0.1) is 0 Å². The molecule has 0 bridgehead atoms. The van der Waals surface area contributed by atoms with E-state index >= 15 is 0 Å². The summed E-state index contributed by atoms with van der Waals surface area (Å²) >= 11 is 0. The summed E-state index contributed by atoms with van der Waals surface area (Å²) in [6.45, 7) is 1.11. The van der Waals surface area contributed by atoms with Gasteiger partial charge in [-0.05, 0) is 31.0 Å². The van der Waals surface area contributed by atoms with Gasteiger partial charge in [0.25, 0.3) is 5.91 Å². The summed E-state index contributed by atoms with van der Waals surface area (Å²) in [6, 6.07) is 12.0. The Balaban J connectivity index is 1.88. The summed E-state index contributed by atoms with van der Waals surface area (Å²) in [5, 5.41) is 18.3. The van der Waals surface area contributed by atoms with Crippen molar-refractivity contribution < 1.29 is 19.4 Å². The number of carboxylic acids is 1. The van der Waals surface area contributed by atoms with E-state index in [9.17, 15) is 14.7 Å². The number of carboxylic acid groups (broad SMARTS) is 1. The molecule has 1 saturated heterocycles. The molecule has 2 aromatic rings. The van der Waals surface area contributed by atoms with Crippen LogP contribution in [0.2, 0.25) is 0 Å². The number of aromatic carboxylic acids is 1. The Morgan fingerprint density at radius 3 is 2.59 bits per heavy atom. The minimum absolute atomic E-state index is 0.0100. The highest BCUT2D eigenvalue weighted by Gasteiger charge is 2.23. The number of benzene rings is 1. The quantitative estimate of drug-likeness (QED) is 0.893. The third kappa shape index (κ3) is 4.06. The van der Waals surface area contributed by atoms with Gasteiger partial charge in [0.2, 0.25) is 5.88 Å². The zero-order valence-electron chi connectivity index (χ0n) is 14.9. The zero-order valence-corrected chi connectivity index (χ0v) is 14.9. The van der Waals surface area contributed by atoms with Gasteiger partial charge in [0.1, 0.15) is 0 Å². The lowest BCUT2D eigenvalue weighted by molar-refractivity contribution is 0.0691. The lowest BCUT2D eigenvalue weighted by Gasteiger charge is -2.29. The fraction of sp³-hybridized carbons (Fsp3) is 0.300. The van der Waals surface area contributed by atoms with Gasteiger partial charge >= 0.3 is 5.97 Å². The normalized spacial score (nSPS) is 14.4. The lowest BCUT2D eigenvalue weighted by Crippen LogP contribution is -2.38. The molecule has 1 aromatic carbocycles. The van der Waals surface area contributed by atoms with E-state index < -0.39 is 5.97 Å². The maximum atomic E-state index is 12.8. The number of nitriles is 1. The van der Waals surface area contributed by atoms with Gasteiger partial charge in [0.05, 0.1) is 24.4 Å². The average molecular weight is 365 g/mol. The van der Waals surface area contributed by atoms with E-state index in [-0.39, 0.29) is 23.3 Å². The minimum atomic E-state index is -1.08. The lowest BCUT2D eigenvalue weighted by atomic mass is 9.97. The van der Waals surface area contributed by atoms with Crippen molar-refractivity contribution in [2.45, 2.75) is 12.8 Å². The SMILES string of the molecule is COc1cc(C(=O)O)cc(-c2cccc(C(=O)N3CCC(C#N)CC3)c2)n1. The van der Waals surface area contributed by atoms with Crippen molar-refractivity contribution in [3.63, 3.8) is 0 Å². The van der Waals surface area contributed by atoms with Crippen LogP contribution in [0.1, 0.15) is 33.6 Å². The number of rotatable bonds is 4. The number of methoxy groups -OCH3 is 1. The average Bonchev–Trinajstić information content (AvgIpc) is 2.73. The molecule has 2 heterocycles. The van der Waals surface area contributed by atoms with Crippen molar-refractivity contribution in [1.82, 2.24) is 9.88 Å². The maximum Gasteiger partial charge on any atom is 0.335 e. The van der Waals surface area contributed by atoms with Crippen molar-refractivity contribution in [1.29, 1.82) is 5.26 Å². The van der Waals surface area contributed by atoms with Gasteiger partial charge in [0, 0.05) is 36.2 Å². The second-order valence-electron chi connectivity index (χ2n) is 6.36. The molecule has 3 rings (SSSR count). The molecule has 1 amide bonds. The third-order valence-electron chi connectivity index (χ3n) is 4.63. The van der Waals surface area contributed by atoms with E-state index in [1.807, 2.05) is 0 Å². The number of ether oxygens (including phenoxy) is 1. The standard InChI is InChI=1S/C20H19N3O4/c1-27-18-11-16(20(25)26)10-17(22-18)14-3-2-4-15(9-14)19(24)23-7-5-13(12-21)6-8-23/h2-4,9-11,13H,5-8H2,1H3,(H,25,26). The number of aromatic nitrogens is 1. The topological polar surface area (TPSA) is 104 Å². The Hall–Kier alpha value is -3.40. The number of carbonyl (C=O) groups excluding carboxylic acids is 1. The highest BCUT2D eigenvalue weighted by Crippen LogP contribution is 2.25. The van der Waals surface area contributed by atoms with Crippen LogP contribution in [0.5, 0.6) is 5.88 Å². The predicted octanol–water partition coefficient (Wildman–Crippen LogP) is 2.83. The third-order valence-corrected chi connectivity index (χ3v) is 4.63. The number of hydrogen-bond acceptors (Lipinski definition) is 5. The smallest absolute Gasteiger partial charge is 0.335 e. The van der Waals surface area contributed by atoms with Gasteiger partial charge in [0.15, 0.2) is 0 Å². The van der Waals surface area contributed by atoms with Crippen molar-refractivity contribution >= 4 is 11.9 Å². The molecule has 27 heavy (non-hydrogen) atoms. The molecular formula is C20H19N3O4. The van der Waals surface area contributed by atoms with Gasteiger partial charge < -0.3 is 14.7 Å². The van der Waals surface area contributed by atoms with Crippen LogP contribution in [0.4, 0.5) is 0 Å². The zero-order chi connectivity index (χ0) is 19.4. The van der Waals surface area contributed by atoms with Crippen LogP contribution >= 0.6 is 0 Å². The fourth-order valence-corrected chi connectivity index (χ4v) is 3.09. The van der Waals surface area contributed by atoms with Gasteiger partial charge in [-0.25, -0.2) is 9.78 Å². The molecule has 0 unspecified atom stereocenters. The van der Waals surface area contributed by atoms with Gasteiger partial charge in [-0.1, -0.05) is 12.1 Å². The number of piperidine rings is 1. The number of hydrogen-bond donors (Lipinski definition) is 1. The molecule has 0 spiro atoms. The molecule has 138 valence electrons. The van der Waals surface area contributed by atoms with Crippen LogP contribution in [0, 0.1) is 17.2 Å². The van der Waals surface area contributed by atoms with E-state index in [0.717, 1.165) is 0 Å². The van der Waals surface area contributed by atoms with E-state index in [1.54, 1.807) is 29.2 Å². The van der Waals surface area contributed by atoms with Crippen molar-refractivity contribution in [3.8, 4) is 23.2 Å². The summed E-state index contributed by atoms with van der Waals surface area (Å²) in [5.74, 6) is -0.977. The summed E-state index contributed by atoms with van der Waals surface area (Å²) in [7, 11) is 1.42. The van der Waals surface area contributed by atoms with E-state index in [1.165, 1.54) is 19.2 Å². The van der Waals surface area contributed by atoms with Crippen molar-refractivity contribution in [2.24, 2.45) is 5.92 Å². The Bertz CT molecular complexity index is 912. The second kappa shape index (κ2) is 7.87. The highest BCUT2D eigenvalue weighted by atomic mass is 16.5. The molecule has 0 saturated carbocycles. The summed E-state index contributed by atoms with van der Waals surface area (Å²) in [4.78, 5) is 30.1. The molecule has 0 radical (unpaired) electrons. The highest BCUT2D eigenvalue weighted by molar-refractivity contribution is 5.95. The number of pyridine rings is 1. The monoisotopic (exact) mass is 365 g/mol. The Morgan fingerprint density at radius 1 is 1.22 bits per heavy atom. The van der Waals surface area contributed by atoms with Crippen LogP contribution in [-0.4, -0.2) is 47.1 Å². The van der Waals surface area contributed by atoms with Crippen LogP contribution in [0.25, 0.3) is 11.3 Å². The molecule has 1 fully saturated rings. The number of nitrogens with zero attached hydrogens (tertiary/aromatic N) is 3. The molecule has 1 aliphatic heterocycles. The molecule has 1 aromatic heterocycles. The molecule has 7 nitrogen and oxygen atoms in total. The van der Waals surface area contributed by atoms with E-state index in [0.29, 0.717) is 42.8 Å².